The predicted octanol–water partition coefficient (Wildman–Crippen LogP) is 2.28. The van der Waals surface area contributed by atoms with Crippen molar-refractivity contribution in [3.8, 4) is 0 Å². The van der Waals surface area contributed by atoms with Crippen molar-refractivity contribution in [2.24, 2.45) is 0 Å². The van der Waals surface area contributed by atoms with E-state index in [1.807, 2.05) is 0 Å². The molecule has 0 radical (unpaired) electrons. The SMILES string of the molecule is INc1ccc(CN2CCOCC2)cc1. The Morgan fingerprint density at radius 2 is 1.87 bits per heavy atom. The van der Waals surface area contributed by atoms with Crippen LogP contribution >= 0.6 is 22.9 Å². The van der Waals surface area contributed by atoms with Crippen LogP contribution in [0.5, 0.6) is 0 Å². The van der Waals surface area contributed by atoms with E-state index >= 15 is 0 Å². The van der Waals surface area contributed by atoms with Gasteiger partial charge < -0.3 is 8.27 Å². The Morgan fingerprint density at radius 1 is 1.20 bits per heavy atom. The zero-order valence-corrected chi connectivity index (χ0v) is 10.7. The zero-order valence-electron chi connectivity index (χ0n) is 8.58. The van der Waals surface area contributed by atoms with Gasteiger partial charge in [0.25, 0.3) is 0 Å². The van der Waals surface area contributed by atoms with Crippen molar-refractivity contribution >= 4 is 28.6 Å². The lowest BCUT2D eigenvalue weighted by Crippen LogP contribution is -2.35. The Kier molecular flexibility index (Phi) is 4.22. The molecule has 2 rings (SSSR count). The topological polar surface area (TPSA) is 24.5 Å². The molecule has 1 saturated heterocycles. The molecule has 0 bridgehead atoms. The Balaban J connectivity index is 1.91. The van der Waals surface area contributed by atoms with Crippen molar-refractivity contribution in [1.29, 1.82) is 0 Å². The van der Waals surface area contributed by atoms with Crippen LogP contribution in [0.2, 0.25) is 0 Å². The number of nitrogens with one attached hydrogen (secondary N) is 1. The van der Waals surface area contributed by atoms with Crippen molar-refractivity contribution in [2.75, 3.05) is 29.8 Å². The maximum Gasteiger partial charge on any atom is 0.0594 e. The molecule has 1 aliphatic rings. The summed E-state index contributed by atoms with van der Waals surface area (Å²) in [5, 5.41) is 0. The number of hydrogen-bond donors (Lipinski definition) is 1. The van der Waals surface area contributed by atoms with E-state index in [2.05, 4.69) is 55.6 Å². The van der Waals surface area contributed by atoms with Crippen molar-refractivity contribution in [2.45, 2.75) is 6.54 Å². The second-order valence-corrected chi connectivity index (χ2v) is 4.22. The molecule has 3 nitrogen and oxygen atoms in total. The average Bonchev–Trinajstić information content (AvgIpc) is 2.31. The Bertz CT molecular complexity index is 296. The molecular formula is C11H15IN2O. The smallest absolute Gasteiger partial charge is 0.0594 e. The highest BCUT2D eigenvalue weighted by Gasteiger charge is 2.10. The van der Waals surface area contributed by atoms with Gasteiger partial charge in [-0.25, -0.2) is 0 Å². The molecule has 0 aliphatic carbocycles. The fourth-order valence-electron chi connectivity index (χ4n) is 1.69. The molecule has 1 heterocycles. The highest BCUT2D eigenvalue weighted by Crippen LogP contribution is 2.13. The van der Waals surface area contributed by atoms with Crippen LogP contribution in [0.4, 0.5) is 5.69 Å². The van der Waals surface area contributed by atoms with Gasteiger partial charge >= 0.3 is 0 Å². The van der Waals surface area contributed by atoms with Crippen molar-refractivity contribution in [1.82, 2.24) is 4.90 Å². The van der Waals surface area contributed by atoms with Crippen LogP contribution in [0, 0.1) is 0 Å². The van der Waals surface area contributed by atoms with Gasteiger partial charge in [-0.2, -0.15) is 0 Å². The van der Waals surface area contributed by atoms with Gasteiger partial charge in [0, 0.05) is 25.3 Å². The quantitative estimate of drug-likeness (QED) is 0.684. The fourth-order valence-corrected chi connectivity index (χ4v) is 2.05. The molecule has 1 N–H and O–H groups in total. The van der Waals surface area contributed by atoms with Crippen LogP contribution < -0.4 is 3.53 Å². The summed E-state index contributed by atoms with van der Waals surface area (Å²) in [6, 6.07) is 8.58. The van der Waals surface area contributed by atoms with E-state index in [0.717, 1.165) is 38.5 Å². The van der Waals surface area contributed by atoms with Gasteiger partial charge in [-0.15, -0.1) is 0 Å². The largest absolute Gasteiger partial charge is 0.379 e. The van der Waals surface area contributed by atoms with Gasteiger partial charge in [-0.3, -0.25) is 4.90 Å². The lowest BCUT2D eigenvalue weighted by atomic mass is 10.2. The van der Waals surface area contributed by atoms with Crippen LogP contribution in [-0.2, 0) is 11.3 Å². The number of rotatable bonds is 3. The summed E-state index contributed by atoms with van der Waals surface area (Å²) >= 11 is 2.14. The second kappa shape index (κ2) is 5.67. The molecule has 15 heavy (non-hydrogen) atoms. The normalized spacial score (nSPS) is 17.7. The third-order valence-corrected chi connectivity index (χ3v) is 3.20. The highest BCUT2D eigenvalue weighted by molar-refractivity contribution is 14.1. The summed E-state index contributed by atoms with van der Waals surface area (Å²) in [6.45, 7) is 4.87. The molecule has 0 amide bonds. The monoisotopic (exact) mass is 318 g/mol. The van der Waals surface area contributed by atoms with Gasteiger partial charge in [-0.05, 0) is 17.7 Å². The highest BCUT2D eigenvalue weighted by atomic mass is 127. The Labute approximate surface area is 104 Å². The lowest BCUT2D eigenvalue weighted by Gasteiger charge is -2.26. The van der Waals surface area contributed by atoms with Gasteiger partial charge in [0.2, 0.25) is 0 Å². The molecule has 0 spiro atoms. The maximum absolute atomic E-state index is 5.32. The number of halogens is 1. The molecule has 0 saturated carbocycles. The third kappa shape index (κ3) is 3.32. The first-order chi connectivity index (χ1) is 7.38. The number of ether oxygens (including phenoxy) is 1. The van der Waals surface area contributed by atoms with Gasteiger partial charge in [-0.1, -0.05) is 12.1 Å². The number of benzene rings is 1. The molecule has 0 aromatic heterocycles. The van der Waals surface area contributed by atoms with E-state index in [-0.39, 0.29) is 0 Å². The molecule has 0 atom stereocenters. The number of morpholine rings is 1. The third-order valence-electron chi connectivity index (χ3n) is 2.57. The number of hydrogen-bond acceptors (Lipinski definition) is 3. The number of anilines is 1. The average molecular weight is 318 g/mol. The Hall–Kier alpha value is -0.330. The minimum Gasteiger partial charge on any atom is -0.379 e. The van der Waals surface area contributed by atoms with E-state index in [1.165, 1.54) is 5.56 Å². The van der Waals surface area contributed by atoms with E-state index in [0.29, 0.717) is 0 Å². The summed E-state index contributed by atoms with van der Waals surface area (Å²) in [6.07, 6.45) is 0. The van der Waals surface area contributed by atoms with E-state index in [1.54, 1.807) is 0 Å². The van der Waals surface area contributed by atoms with E-state index in [4.69, 9.17) is 4.74 Å². The molecular weight excluding hydrogens is 303 g/mol. The molecule has 1 fully saturated rings. The Morgan fingerprint density at radius 3 is 2.47 bits per heavy atom. The van der Waals surface area contributed by atoms with Crippen molar-refractivity contribution < 1.29 is 4.74 Å². The summed E-state index contributed by atoms with van der Waals surface area (Å²) in [4.78, 5) is 2.43. The van der Waals surface area contributed by atoms with Crippen LogP contribution in [0.1, 0.15) is 5.56 Å². The molecule has 82 valence electrons. The first-order valence-electron chi connectivity index (χ1n) is 5.14. The standard InChI is InChI=1S/C11H15IN2O/c12-13-11-3-1-10(2-4-11)9-14-5-7-15-8-6-14/h1-4,13H,5-9H2. The van der Waals surface area contributed by atoms with Gasteiger partial charge in [0.15, 0.2) is 0 Å². The number of nitrogens with zero attached hydrogens (tertiary/aromatic N) is 1. The molecule has 4 heteroatoms. The fraction of sp³-hybridized carbons (Fsp3) is 0.455. The van der Waals surface area contributed by atoms with Crippen LogP contribution in [0.25, 0.3) is 0 Å². The summed E-state index contributed by atoms with van der Waals surface area (Å²) in [5.41, 5.74) is 2.52. The predicted molar refractivity (Wildman–Crippen MR) is 70.2 cm³/mol. The van der Waals surface area contributed by atoms with Crippen molar-refractivity contribution in [3.63, 3.8) is 0 Å². The molecule has 0 unspecified atom stereocenters. The van der Waals surface area contributed by atoms with Crippen LogP contribution in [0.3, 0.4) is 0 Å². The minimum atomic E-state index is 0.868. The molecule has 1 aromatic carbocycles. The van der Waals surface area contributed by atoms with Gasteiger partial charge in [0.05, 0.1) is 36.1 Å². The molecule has 1 aliphatic heterocycles. The zero-order chi connectivity index (χ0) is 10.5. The van der Waals surface area contributed by atoms with Crippen LogP contribution in [0.15, 0.2) is 24.3 Å². The lowest BCUT2D eigenvalue weighted by molar-refractivity contribution is 0.0342. The van der Waals surface area contributed by atoms with Crippen molar-refractivity contribution in [3.05, 3.63) is 29.8 Å². The van der Waals surface area contributed by atoms with E-state index < -0.39 is 0 Å². The summed E-state index contributed by atoms with van der Waals surface area (Å²) < 4.78 is 8.42. The van der Waals surface area contributed by atoms with Crippen LogP contribution in [-0.4, -0.2) is 31.2 Å². The molecule has 1 aromatic rings. The maximum atomic E-state index is 5.32. The van der Waals surface area contributed by atoms with E-state index in [9.17, 15) is 0 Å². The minimum absolute atomic E-state index is 0.868. The van der Waals surface area contributed by atoms with Gasteiger partial charge in [0.1, 0.15) is 0 Å². The summed E-state index contributed by atoms with van der Waals surface area (Å²) in [5.74, 6) is 0. The second-order valence-electron chi connectivity index (χ2n) is 3.68. The first-order valence-corrected chi connectivity index (χ1v) is 6.22. The first kappa shape index (κ1) is 11.2. The summed E-state index contributed by atoms with van der Waals surface area (Å²) in [7, 11) is 0.